The third-order valence-electron chi connectivity index (χ3n) is 3.21. The van der Waals surface area contributed by atoms with Crippen LogP contribution in [0.5, 0.6) is 0 Å². The van der Waals surface area contributed by atoms with Crippen molar-refractivity contribution < 1.29 is 96.6 Å². The summed E-state index contributed by atoms with van der Waals surface area (Å²) in [6, 6.07) is -3.24. The van der Waals surface area contributed by atoms with E-state index in [9.17, 15) is 19.2 Å². The largest absolute Gasteiger partial charge is 0.480 e. The number of carboxylic acid groups (broad SMARTS) is 2. The number of esters is 2. The Hall–Kier alpha value is -0.620. The second-order valence-corrected chi connectivity index (χ2v) is 16.7. The van der Waals surface area contributed by atoms with Crippen LogP contribution in [0.25, 0.3) is 0 Å². The van der Waals surface area contributed by atoms with Gasteiger partial charge in [0.15, 0.2) is 0 Å². The number of ether oxygens (including phenoxy) is 2. The summed E-state index contributed by atoms with van der Waals surface area (Å²) in [7, 11) is -4.72. The Bertz CT molecular complexity index is 808. The Balaban J connectivity index is -0.000000310. The lowest BCUT2D eigenvalue weighted by Gasteiger charge is -2.22. The van der Waals surface area contributed by atoms with E-state index >= 15 is 0 Å². The second-order valence-electron chi connectivity index (χ2n) is 10.1. The average molecular weight is 792 g/mol. The minimum absolute atomic E-state index is 0.229. The molecule has 0 aromatic carbocycles. The van der Waals surface area contributed by atoms with E-state index in [0.29, 0.717) is 11.5 Å². The van der Waals surface area contributed by atoms with Gasteiger partial charge in [-0.2, -0.15) is 0 Å². The molecule has 0 unspecified atom stereocenters. The van der Waals surface area contributed by atoms with Crippen molar-refractivity contribution in [2.24, 2.45) is 22.9 Å². The third-order valence-corrected chi connectivity index (χ3v) is 8.16. The normalized spacial score (nSPS) is 14.3. The van der Waals surface area contributed by atoms with Gasteiger partial charge in [-0.3, -0.25) is 19.2 Å². The molecule has 0 aliphatic rings. The third kappa shape index (κ3) is 50.2. The first-order valence-corrected chi connectivity index (χ1v) is 19.4. The van der Waals surface area contributed by atoms with Gasteiger partial charge >= 0.3 is 23.9 Å². The van der Waals surface area contributed by atoms with E-state index in [1.807, 2.05) is 0 Å². The first-order valence-electron chi connectivity index (χ1n) is 11.9. The van der Waals surface area contributed by atoms with Gasteiger partial charge in [-0.1, -0.05) is 43.2 Å². The van der Waals surface area contributed by atoms with Gasteiger partial charge < -0.3 is 42.6 Å². The van der Waals surface area contributed by atoms with Crippen LogP contribution in [0.3, 0.4) is 0 Å². The Morgan fingerprint density at radius 2 is 0.717 bits per heavy atom. The second kappa shape index (κ2) is 25.4. The maximum atomic E-state index is 11.7. The quantitative estimate of drug-likeness (QED) is 0.0540. The summed E-state index contributed by atoms with van der Waals surface area (Å²) in [5.41, 5.74) is 20.8. The van der Waals surface area contributed by atoms with Crippen LogP contribution in [0.4, 0.5) is 0 Å². The van der Waals surface area contributed by atoms with Gasteiger partial charge in [0.25, 0.3) is 0 Å². The van der Waals surface area contributed by atoms with Gasteiger partial charge in [-0.25, -0.2) is 37.3 Å². The monoisotopic (exact) mass is 790 g/mol. The lowest BCUT2D eigenvalue weighted by atomic mass is 10.2. The summed E-state index contributed by atoms with van der Waals surface area (Å²) < 4.78 is 78.3. The molecular weight excluding hydrogens is 751 g/mol. The van der Waals surface area contributed by atoms with Crippen molar-refractivity contribution in [1.29, 1.82) is 0 Å². The molecule has 0 spiro atoms. The molecule has 0 radical (unpaired) electrons. The zero-order chi connectivity index (χ0) is 37.7. The number of carbonyl (C=O) groups excluding carboxylic acids is 2. The van der Waals surface area contributed by atoms with E-state index in [0.717, 1.165) is 0 Å². The Morgan fingerprint density at radius 1 is 0.543 bits per heavy atom. The predicted molar refractivity (Wildman–Crippen MR) is 149 cm³/mol. The van der Waals surface area contributed by atoms with Crippen LogP contribution in [0.1, 0.15) is 41.5 Å². The molecule has 0 saturated heterocycles. The van der Waals surface area contributed by atoms with Gasteiger partial charge in [0, 0.05) is 23.0 Å². The minimum Gasteiger partial charge on any atom is -0.480 e. The number of rotatable bonds is 14. The first kappa shape index (κ1) is 52.2. The van der Waals surface area contributed by atoms with E-state index in [4.69, 9.17) is 79.9 Å². The molecular formula is C20H40Cl2N4O16S4-2. The Labute approximate surface area is 285 Å². The van der Waals surface area contributed by atoms with Crippen LogP contribution >= 0.6 is 43.2 Å². The number of aliphatic carboxylic acids is 2. The topological polar surface area (TPSA) is 416 Å². The van der Waals surface area contributed by atoms with Gasteiger partial charge in [0.1, 0.15) is 35.4 Å². The zero-order valence-corrected chi connectivity index (χ0v) is 30.2. The molecule has 10 N–H and O–H groups in total. The van der Waals surface area contributed by atoms with Crippen LogP contribution in [-0.2, 0) is 28.7 Å². The highest BCUT2D eigenvalue weighted by atomic mass is 35.7. The van der Waals surface area contributed by atoms with Crippen molar-refractivity contribution in [3.63, 3.8) is 0 Å². The lowest BCUT2D eigenvalue weighted by molar-refractivity contribution is -2.00. The molecule has 46 heavy (non-hydrogen) atoms. The highest BCUT2D eigenvalue weighted by Crippen LogP contribution is 2.24. The summed E-state index contributed by atoms with van der Waals surface area (Å²) >= 11 is 0. The Kier molecular flexibility index (Phi) is 28.8. The summed E-state index contributed by atoms with van der Waals surface area (Å²) in [5, 5.41) is 16.8. The van der Waals surface area contributed by atoms with Crippen LogP contribution in [0.2, 0.25) is 0 Å². The zero-order valence-electron chi connectivity index (χ0n) is 25.4. The van der Waals surface area contributed by atoms with Crippen LogP contribution in [-0.4, -0.2) is 92.5 Å². The van der Waals surface area contributed by atoms with Crippen molar-refractivity contribution >= 4 is 67.1 Å². The van der Waals surface area contributed by atoms with Gasteiger partial charge in [0.2, 0.25) is 0 Å². The molecule has 0 saturated carbocycles. The molecule has 26 heteroatoms. The highest BCUT2D eigenvalue weighted by Gasteiger charge is 2.24. The van der Waals surface area contributed by atoms with E-state index in [2.05, 4.69) is 0 Å². The molecule has 0 amide bonds. The molecule has 0 rings (SSSR count). The maximum absolute atomic E-state index is 11.7. The number of halogens is 2. The van der Waals surface area contributed by atoms with Crippen LogP contribution in [0, 0.1) is 20.5 Å². The number of carbonyl (C=O) groups is 4. The summed E-state index contributed by atoms with van der Waals surface area (Å²) in [6.45, 7) is 10.7. The highest BCUT2D eigenvalue weighted by molar-refractivity contribution is 8.77. The van der Waals surface area contributed by atoms with E-state index in [1.54, 1.807) is 41.5 Å². The van der Waals surface area contributed by atoms with Crippen LogP contribution in [0.15, 0.2) is 0 Å². The Morgan fingerprint density at radius 3 is 0.870 bits per heavy atom. The molecule has 0 aliphatic heterocycles. The number of nitrogens with two attached hydrogens (primary N) is 4. The molecule has 0 aromatic rings. The average Bonchev–Trinajstić information content (AvgIpc) is 2.79. The van der Waals surface area contributed by atoms with Gasteiger partial charge in [-0.15, -0.1) is 20.5 Å². The minimum atomic E-state index is -4.94. The van der Waals surface area contributed by atoms with E-state index in [1.165, 1.54) is 43.2 Å². The molecule has 0 aliphatic carbocycles. The van der Waals surface area contributed by atoms with Crippen molar-refractivity contribution in [2.45, 2.75) is 76.9 Å². The maximum Gasteiger partial charge on any atom is 0.324 e. The van der Waals surface area contributed by atoms with Crippen molar-refractivity contribution in [1.82, 2.24) is 0 Å². The molecule has 0 fully saturated rings. The first-order chi connectivity index (χ1) is 20.3. The van der Waals surface area contributed by atoms with Gasteiger partial charge in [0.05, 0.1) is 0 Å². The number of hydrogen-bond donors (Lipinski definition) is 6. The molecule has 20 nitrogen and oxygen atoms in total. The van der Waals surface area contributed by atoms with E-state index < -0.39 is 79.7 Å². The summed E-state index contributed by atoms with van der Waals surface area (Å²) in [4.78, 5) is 43.9. The van der Waals surface area contributed by atoms with E-state index in [-0.39, 0.29) is 11.5 Å². The fraction of sp³-hybridized carbons (Fsp3) is 0.800. The smallest absolute Gasteiger partial charge is 0.324 e. The van der Waals surface area contributed by atoms with Crippen LogP contribution < -0.4 is 60.2 Å². The number of hydrogen-bond acceptors (Lipinski definition) is 22. The SMILES string of the molecule is CC(C)(C)OC(=O)[C@@H](N)CSSC[C@H](N)C(=O)OC(C)(C)C.N[C@@H](CSSC[C@H](N)C(=O)O)C(=O)O.[O-][Cl+3]([O-])([O-])[O-].[O-][Cl+3]([O-])([O-])[O-]. The molecule has 0 aromatic heterocycles. The molecule has 276 valence electrons. The summed E-state index contributed by atoms with van der Waals surface area (Å²) in [6.07, 6.45) is 0. The van der Waals surface area contributed by atoms with Crippen molar-refractivity contribution in [3.05, 3.63) is 0 Å². The molecule has 0 heterocycles. The standard InChI is InChI=1S/C14H28N2O4S2.C6H12N2O4S2.2ClHO4/c1-13(2,3)19-11(17)9(15)7-21-22-8-10(16)12(18)20-14(4,5)6;7-3(5(9)10)1-13-14-2-4(8)6(11)12;2*2-1(3,4)5/h9-10H,7-8,15-16H2,1-6H3;3-4H,1-2,7-8H2,(H,9,10)(H,11,12);2*(H,2,3,4,5)/p-2/t9-,10-;3-,4-;;/m00../s1. The molecule has 0 bridgehead atoms. The van der Waals surface area contributed by atoms with Crippen molar-refractivity contribution in [2.75, 3.05) is 23.0 Å². The summed E-state index contributed by atoms with van der Waals surface area (Å²) in [5.74, 6) is -1.77. The van der Waals surface area contributed by atoms with Crippen molar-refractivity contribution in [3.8, 4) is 0 Å². The van der Waals surface area contributed by atoms with Gasteiger partial charge in [-0.05, 0) is 41.5 Å². The fourth-order valence-electron chi connectivity index (χ4n) is 1.52. The predicted octanol–water partition coefficient (Wildman–Crippen LogP) is -8.61. The lowest BCUT2D eigenvalue weighted by Crippen LogP contribution is -2.68. The molecule has 4 atom stereocenters. The number of carboxylic acids is 2. The fourth-order valence-corrected chi connectivity index (χ4v) is 5.96.